The number of carbonyl (C=O) groups is 4. The quantitative estimate of drug-likeness (QED) is 0.353. The number of imide groups is 2. The molecule has 1 aliphatic carbocycles. The molecule has 2 aliphatic heterocycles. The zero-order valence-electron chi connectivity index (χ0n) is 15.9. The second-order valence-corrected chi connectivity index (χ2v) is 9.78. The predicted octanol–water partition coefficient (Wildman–Crippen LogP) is 0.313. The Labute approximate surface area is 164 Å². The number of hydrogen-bond acceptors (Lipinski definition) is 6. The minimum atomic E-state index is -3.17. The lowest BCUT2D eigenvalue weighted by atomic mass is 9.97. The molecule has 3 rings (SSSR count). The van der Waals surface area contributed by atoms with Crippen molar-refractivity contribution in [2.45, 2.75) is 44.6 Å². The number of sulfone groups is 1. The number of allylic oxidation sites excluding steroid dienone is 1. The average Bonchev–Trinajstić information content (AvgIpc) is 3.13. The molecule has 2 fully saturated rings. The van der Waals surface area contributed by atoms with E-state index in [0.29, 0.717) is 17.7 Å². The Morgan fingerprint density at radius 3 is 2.50 bits per heavy atom. The number of urea groups is 1. The largest absolute Gasteiger partial charge is 0.340 e. The summed E-state index contributed by atoms with van der Waals surface area (Å²) in [4.78, 5) is 52.1. The lowest BCUT2D eigenvalue weighted by Crippen LogP contribution is -2.46. The summed E-state index contributed by atoms with van der Waals surface area (Å²) in [6, 6.07) is -1.26. The maximum absolute atomic E-state index is 12.5. The monoisotopic (exact) mass is 411 g/mol. The Balaban J connectivity index is 1.60. The first kappa shape index (κ1) is 20.5. The Bertz CT molecular complexity index is 834. The van der Waals surface area contributed by atoms with E-state index >= 15 is 0 Å². The fraction of sp³-hybridized carbons (Fsp3) is 0.667. The van der Waals surface area contributed by atoms with E-state index in [-0.39, 0.29) is 18.1 Å². The number of nitrogens with zero attached hydrogens (tertiary/aromatic N) is 3. The summed E-state index contributed by atoms with van der Waals surface area (Å²) in [6.45, 7) is -0.438. The van der Waals surface area contributed by atoms with Crippen LogP contribution in [0.4, 0.5) is 4.79 Å². The molecule has 0 radical (unpaired) electrons. The zero-order chi connectivity index (χ0) is 20.5. The summed E-state index contributed by atoms with van der Waals surface area (Å²) in [5, 5.41) is 0. The first-order valence-electron chi connectivity index (χ1n) is 9.51. The van der Waals surface area contributed by atoms with Gasteiger partial charge in [0.15, 0.2) is 9.84 Å². The minimum absolute atomic E-state index is 0.0129. The molecule has 0 aromatic carbocycles. The molecular weight excluding hydrogens is 386 g/mol. The lowest BCUT2D eigenvalue weighted by Gasteiger charge is -2.25. The molecule has 0 N–H and O–H groups in total. The van der Waals surface area contributed by atoms with Crippen molar-refractivity contribution in [1.29, 1.82) is 0 Å². The van der Waals surface area contributed by atoms with E-state index in [4.69, 9.17) is 0 Å². The Kier molecular flexibility index (Phi) is 5.87. The molecule has 10 heteroatoms. The van der Waals surface area contributed by atoms with Crippen molar-refractivity contribution in [2.24, 2.45) is 0 Å². The first-order chi connectivity index (χ1) is 13.2. The summed E-state index contributed by atoms with van der Waals surface area (Å²) in [7, 11) is -1.72. The van der Waals surface area contributed by atoms with E-state index in [9.17, 15) is 27.6 Å². The van der Waals surface area contributed by atoms with E-state index in [2.05, 4.69) is 6.08 Å². The Morgan fingerprint density at radius 2 is 1.89 bits per heavy atom. The molecule has 5 amide bonds. The molecule has 28 heavy (non-hydrogen) atoms. The van der Waals surface area contributed by atoms with Gasteiger partial charge in [-0.15, -0.1) is 0 Å². The maximum Gasteiger partial charge on any atom is 0.334 e. The van der Waals surface area contributed by atoms with Crippen LogP contribution in [0.15, 0.2) is 11.6 Å². The van der Waals surface area contributed by atoms with Crippen LogP contribution in [0.2, 0.25) is 0 Å². The molecule has 9 nitrogen and oxygen atoms in total. The van der Waals surface area contributed by atoms with Gasteiger partial charge in [0.2, 0.25) is 5.91 Å². The van der Waals surface area contributed by atoms with Gasteiger partial charge >= 0.3 is 17.8 Å². The molecule has 154 valence electrons. The van der Waals surface area contributed by atoms with E-state index in [1.807, 2.05) is 0 Å². The summed E-state index contributed by atoms with van der Waals surface area (Å²) < 4.78 is 23.2. The molecular formula is C18H25N3O6S. The number of likely N-dealkylation sites (N-methyl/N-ethyl adjacent to an activating group) is 1. The summed E-state index contributed by atoms with van der Waals surface area (Å²) in [6.07, 6.45) is 7.11. The Hall–Kier alpha value is -2.23. The van der Waals surface area contributed by atoms with Gasteiger partial charge in [-0.1, -0.05) is 11.6 Å². The van der Waals surface area contributed by atoms with Crippen molar-refractivity contribution in [3.05, 3.63) is 11.6 Å². The van der Waals surface area contributed by atoms with Crippen molar-refractivity contribution in [3.63, 3.8) is 0 Å². The minimum Gasteiger partial charge on any atom is -0.340 e. The van der Waals surface area contributed by atoms with Gasteiger partial charge < -0.3 is 4.90 Å². The molecule has 0 bridgehead atoms. The van der Waals surface area contributed by atoms with E-state index < -0.39 is 46.2 Å². The highest BCUT2D eigenvalue weighted by Crippen LogP contribution is 2.22. The third-order valence-corrected chi connectivity index (χ3v) is 7.37. The summed E-state index contributed by atoms with van der Waals surface area (Å²) >= 11 is 0. The second-order valence-electron chi connectivity index (χ2n) is 7.55. The normalized spacial score (nSPS) is 24.7. The number of amides is 5. The fourth-order valence-electron chi connectivity index (χ4n) is 3.81. The number of rotatable bonds is 6. The van der Waals surface area contributed by atoms with Crippen LogP contribution in [0.3, 0.4) is 0 Å². The van der Waals surface area contributed by atoms with Gasteiger partial charge in [-0.2, -0.15) is 0 Å². The summed E-state index contributed by atoms with van der Waals surface area (Å²) in [5.74, 6) is -2.60. The van der Waals surface area contributed by atoms with Crippen molar-refractivity contribution < 1.29 is 27.6 Å². The van der Waals surface area contributed by atoms with Crippen molar-refractivity contribution in [1.82, 2.24) is 14.7 Å². The number of hydrogen-bond donors (Lipinski definition) is 0. The highest BCUT2D eigenvalue weighted by molar-refractivity contribution is 7.91. The molecule has 2 heterocycles. The van der Waals surface area contributed by atoms with Crippen LogP contribution in [0, 0.1) is 0 Å². The van der Waals surface area contributed by atoms with Crippen molar-refractivity contribution >= 4 is 33.6 Å². The third-order valence-electron chi connectivity index (χ3n) is 5.62. The van der Waals surface area contributed by atoms with Gasteiger partial charge in [-0.3, -0.25) is 19.3 Å². The van der Waals surface area contributed by atoms with Gasteiger partial charge in [-0.05, 0) is 38.5 Å². The van der Waals surface area contributed by atoms with Gasteiger partial charge in [-0.25, -0.2) is 18.1 Å². The smallest absolute Gasteiger partial charge is 0.334 e. The standard InChI is InChI=1S/C18H25N3O6S/c1-19(14-8-10-28(26,27)12-14)15(22)11-21-17(24)16(23)20(18(21)25)9-7-13-5-3-2-4-6-13/h5,14H,2-4,6-12H2,1H3/t14-/m1/s1. The number of carbonyl (C=O) groups excluding carboxylic acids is 4. The molecule has 3 aliphatic rings. The van der Waals surface area contributed by atoms with Gasteiger partial charge in [0.1, 0.15) is 6.54 Å². The molecule has 0 aromatic rings. The van der Waals surface area contributed by atoms with Crippen LogP contribution < -0.4 is 0 Å². The maximum atomic E-state index is 12.5. The van der Waals surface area contributed by atoms with E-state index in [0.717, 1.165) is 30.6 Å². The van der Waals surface area contributed by atoms with E-state index in [1.54, 1.807) is 0 Å². The predicted molar refractivity (Wildman–Crippen MR) is 99.8 cm³/mol. The van der Waals surface area contributed by atoms with Crippen LogP contribution >= 0.6 is 0 Å². The van der Waals surface area contributed by atoms with Crippen LogP contribution in [0.25, 0.3) is 0 Å². The lowest BCUT2D eigenvalue weighted by molar-refractivity contribution is -0.145. The van der Waals surface area contributed by atoms with Crippen molar-refractivity contribution in [3.8, 4) is 0 Å². The summed E-state index contributed by atoms with van der Waals surface area (Å²) in [5.41, 5.74) is 1.18. The highest BCUT2D eigenvalue weighted by atomic mass is 32.2. The fourth-order valence-corrected chi connectivity index (χ4v) is 5.58. The first-order valence-corrected chi connectivity index (χ1v) is 11.3. The average molecular weight is 411 g/mol. The van der Waals surface area contributed by atoms with Crippen LogP contribution in [-0.2, 0) is 24.2 Å². The van der Waals surface area contributed by atoms with Gasteiger partial charge in [0.05, 0.1) is 11.5 Å². The van der Waals surface area contributed by atoms with Gasteiger partial charge in [0.25, 0.3) is 0 Å². The van der Waals surface area contributed by atoms with Crippen LogP contribution in [0.5, 0.6) is 0 Å². The van der Waals surface area contributed by atoms with Crippen molar-refractivity contribution in [2.75, 3.05) is 31.6 Å². The zero-order valence-corrected chi connectivity index (χ0v) is 16.7. The highest BCUT2D eigenvalue weighted by Gasteiger charge is 2.45. The SMILES string of the molecule is CN(C(=O)CN1C(=O)C(=O)N(CCC2=CCCCC2)C1=O)[C@@H]1CCS(=O)(=O)C1. The molecule has 1 atom stereocenters. The van der Waals surface area contributed by atoms with Gasteiger partial charge in [0, 0.05) is 19.6 Å². The van der Waals surface area contributed by atoms with Crippen LogP contribution in [-0.4, -0.2) is 84.6 Å². The van der Waals surface area contributed by atoms with E-state index in [1.165, 1.54) is 17.5 Å². The Morgan fingerprint density at radius 1 is 1.18 bits per heavy atom. The molecule has 2 saturated heterocycles. The third kappa shape index (κ3) is 4.26. The molecule has 0 spiro atoms. The molecule has 0 saturated carbocycles. The molecule has 0 aromatic heterocycles. The molecule has 0 unspecified atom stereocenters. The topological polar surface area (TPSA) is 112 Å². The second kappa shape index (κ2) is 8.02. The van der Waals surface area contributed by atoms with Crippen LogP contribution in [0.1, 0.15) is 38.5 Å².